The van der Waals surface area contributed by atoms with Crippen LogP contribution in [-0.2, 0) is 27.4 Å². The van der Waals surface area contributed by atoms with Crippen LogP contribution in [0.3, 0.4) is 0 Å². The van der Waals surface area contributed by atoms with Gasteiger partial charge in [-0.1, -0.05) is 13.0 Å². The van der Waals surface area contributed by atoms with E-state index in [1.54, 1.807) is 39.1 Å². The highest BCUT2D eigenvalue weighted by atomic mass is 19.1. The molecule has 3 aromatic rings. The Balaban J connectivity index is 1.50. The van der Waals surface area contributed by atoms with Crippen LogP contribution in [0, 0.1) is 12.7 Å². The van der Waals surface area contributed by atoms with Crippen LogP contribution in [0.1, 0.15) is 58.1 Å². The van der Waals surface area contributed by atoms with Crippen LogP contribution in [0.15, 0.2) is 36.7 Å². The number of ether oxygens (including phenoxy) is 3. The summed E-state index contributed by atoms with van der Waals surface area (Å²) < 4.78 is 34.4. The van der Waals surface area contributed by atoms with Crippen molar-refractivity contribution >= 4 is 23.0 Å². The molecule has 1 aliphatic rings. The lowest BCUT2D eigenvalue weighted by Gasteiger charge is -2.31. The summed E-state index contributed by atoms with van der Waals surface area (Å²) >= 11 is 0. The van der Waals surface area contributed by atoms with E-state index in [1.807, 2.05) is 31.7 Å². The van der Waals surface area contributed by atoms with Crippen LogP contribution in [0.25, 0.3) is 11.0 Å². The molecule has 3 heterocycles. The average Bonchev–Trinajstić information content (AvgIpc) is 3.26. The number of hydrogen-bond donors (Lipinski definition) is 2. The largest absolute Gasteiger partial charge is 0.453 e. The second-order valence-corrected chi connectivity index (χ2v) is 12.2. The number of nitrogens with zero attached hydrogens (tertiary/aromatic N) is 3. The van der Waals surface area contributed by atoms with E-state index in [4.69, 9.17) is 14.2 Å². The summed E-state index contributed by atoms with van der Waals surface area (Å²) in [5.41, 5.74) is 1.42. The Labute approximate surface area is 252 Å². The van der Waals surface area contributed by atoms with Crippen molar-refractivity contribution in [2.45, 2.75) is 84.7 Å². The van der Waals surface area contributed by atoms with E-state index in [0.717, 1.165) is 43.3 Å². The molecule has 2 aromatic heterocycles. The number of benzene rings is 1. The zero-order chi connectivity index (χ0) is 31.1. The summed E-state index contributed by atoms with van der Waals surface area (Å²) in [6, 6.07) is 5.32. The molecule has 1 atom stereocenters. The van der Waals surface area contributed by atoms with Crippen molar-refractivity contribution in [3.05, 3.63) is 53.6 Å². The summed E-state index contributed by atoms with van der Waals surface area (Å²) in [7, 11) is 2.05. The van der Waals surface area contributed by atoms with E-state index in [-0.39, 0.29) is 24.1 Å². The van der Waals surface area contributed by atoms with Crippen LogP contribution in [0.5, 0.6) is 11.5 Å². The second-order valence-electron chi connectivity index (χ2n) is 12.2. The minimum absolute atomic E-state index is 0.00729. The zero-order valence-corrected chi connectivity index (χ0v) is 26.0. The van der Waals surface area contributed by atoms with E-state index in [9.17, 15) is 9.59 Å². The van der Waals surface area contributed by atoms with E-state index < -0.39 is 23.6 Å². The van der Waals surface area contributed by atoms with Gasteiger partial charge in [-0.25, -0.2) is 14.2 Å². The number of pyridine rings is 1. The van der Waals surface area contributed by atoms with Crippen molar-refractivity contribution in [3.63, 3.8) is 0 Å². The minimum Gasteiger partial charge on any atom is -0.453 e. The lowest BCUT2D eigenvalue weighted by Crippen LogP contribution is -2.53. The molecule has 0 aliphatic carbocycles. The molecule has 10 nitrogen and oxygen atoms in total. The fourth-order valence-electron chi connectivity index (χ4n) is 5.09. The van der Waals surface area contributed by atoms with Crippen LogP contribution in [0.2, 0.25) is 0 Å². The van der Waals surface area contributed by atoms with Gasteiger partial charge in [-0.15, -0.1) is 0 Å². The molecular formula is C32H44FN5O5. The topological polar surface area (TPSA) is 107 Å². The van der Waals surface area contributed by atoms with Gasteiger partial charge in [-0.2, -0.15) is 0 Å². The fourth-order valence-corrected chi connectivity index (χ4v) is 5.09. The van der Waals surface area contributed by atoms with Crippen LogP contribution in [0.4, 0.5) is 9.18 Å². The second kappa shape index (κ2) is 14.2. The van der Waals surface area contributed by atoms with Crippen molar-refractivity contribution in [2.24, 2.45) is 0 Å². The summed E-state index contributed by atoms with van der Waals surface area (Å²) in [5.74, 6) is -0.399. The fraction of sp³-hybridized carbons (Fsp3) is 0.531. The number of hydrogen-bond acceptors (Lipinski definition) is 7. The van der Waals surface area contributed by atoms with Crippen molar-refractivity contribution in [1.82, 2.24) is 25.1 Å². The molecule has 0 spiro atoms. The lowest BCUT2D eigenvalue weighted by atomic mass is 10.0. The molecule has 1 unspecified atom stereocenters. The number of amides is 2. The number of carbonyl (C=O) groups is 2. The molecule has 11 heteroatoms. The molecule has 1 aromatic carbocycles. The first-order chi connectivity index (χ1) is 20.4. The quantitative estimate of drug-likeness (QED) is 0.289. The van der Waals surface area contributed by atoms with Gasteiger partial charge in [0.1, 0.15) is 29.8 Å². The highest BCUT2D eigenvalue weighted by molar-refractivity contribution is 5.87. The molecule has 0 bridgehead atoms. The van der Waals surface area contributed by atoms with E-state index in [0.29, 0.717) is 30.3 Å². The molecule has 0 saturated carbocycles. The Hall–Kier alpha value is -3.70. The number of halogens is 1. The molecule has 2 amide bonds. The number of likely N-dealkylation sites (tertiary alicyclic amines) is 1. The van der Waals surface area contributed by atoms with Gasteiger partial charge in [-0.05, 0) is 96.4 Å². The first kappa shape index (κ1) is 32.2. The van der Waals surface area contributed by atoms with Crippen LogP contribution < -0.4 is 15.4 Å². The monoisotopic (exact) mass is 597 g/mol. The molecule has 43 heavy (non-hydrogen) atoms. The highest BCUT2D eigenvalue weighted by Gasteiger charge is 2.28. The van der Waals surface area contributed by atoms with E-state index in [2.05, 4.69) is 20.5 Å². The number of piperidine rings is 1. The lowest BCUT2D eigenvalue weighted by molar-refractivity contribution is -0.124. The van der Waals surface area contributed by atoms with Gasteiger partial charge >= 0.3 is 6.09 Å². The number of alkyl carbamates (subject to hydrolysis) is 1. The van der Waals surface area contributed by atoms with Gasteiger partial charge in [0.05, 0.1) is 5.39 Å². The summed E-state index contributed by atoms with van der Waals surface area (Å²) in [5, 5.41) is 6.52. The third-order valence-corrected chi connectivity index (χ3v) is 7.22. The number of fused-ring (bicyclic) bond motifs is 1. The molecule has 1 fully saturated rings. The maximum Gasteiger partial charge on any atom is 0.408 e. The Morgan fingerprint density at radius 3 is 2.58 bits per heavy atom. The van der Waals surface area contributed by atoms with E-state index >= 15 is 4.39 Å². The van der Waals surface area contributed by atoms with Gasteiger partial charge in [-0.3, -0.25) is 4.79 Å². The van der Waals surface area contributed by atoms with Gasteiger partial charge < -0.3 is 34.3 Å². The highest BCUT2D eigenvalue weighted by Crippen LogP contribution is 2.33. The smallest absolute Gasteiger partial charge is 0.408 e. The maximum atomic E-state index is 15.4. The molecule has 4 rings (SSSR count). The number of aromatic nitrogens is 2. The number of rotatable bonds is 11. The maximum absolute atomic E-state index is 15.4. The summed E-state index contributed by atoms with van der Waals surface area (Å²) in [6.45, 7) is 12.0. The van der Waals surface area contributed by atoms with Crippen LogP contribution >= 0.6 is 0 Å². The summed E-state index contributed by atoms with van der Waals surface area (Å²) in [4.78, 5) is 32.6. The SMILES string of the molecule is CCCOCn1cc(C)c2c(Oc3ccc(CC(NC(=O)OC(C)(C)C)C(=O)NC4CCN(C)CC4)cc3F)ccnc21. The molecular weight excluding hydrogens is 553 g/mol. The zero-order valence-electron chi connectivity index (χ0n) is 26.0. The Kier molecular flexibility index (Phi) is 10.6. The van der Waals surface area contributed by atoms with Crippen molar-refractivity contribution in [1.29, 1.82) is 0 Å². The molecule has 1 saturated heterocycles. The third-order valence-electron chi connectivity index (χ3n) is 7.22. The number of nitrogens with one attached hydrogen (secondary N) is 2. The first-order valence-electron chi connectivity index (χ1n) is 14.9. The van der Waals surface area contributed by atoms with E-state index in [1.165, 1.54) is 12.1 Å². The Morgan fingerprint density at radius 1 is 1.16 bits per heavy atom. The van der Waals surface area contributed by atoms with Crippen molar-refractivity contribution in [3.8, 4) is 11.5 Å². The predicted octanol–water partition coefficient (Wildman–Crippen LogP) is 5.31. The van der Waals surface area contributed by atoms with Crippen molar-refractivity contribution in [2.75, 3.05) is 26.7 Å². The molecule has 0 radical (unpaired) electrons. The standard InChI is InChI=1S/C32H44FN5O5/c1-7-16-41-20-38-19-21(2)28-27(10-13-34-29(28)38)42-26-9-8-22(17-24(26)33)18-25(36-31(40)43-32(3,4)5)30(39)35-23-11-14-37(6)15-12-23/h8-10,13,17,19,23,25H,7,11-12,14-16,18,20H2,1-6H3,(H,35,39)(H,36,40). The summed E-state index contributed by atoms with van der Waals surface area (Å²) in [6.07, 6.45) is 5.48. The first-order valence-corrected chi connectivity index (χ1v) is 14.9. The molecule has 234 valence electrons. The molecule has 1 aliphatic heterocycles. The van der Waals surface area contributed by atoms with Gasteiger partial charge in [0.15, 0.2) is 11.6 Å². The van der Waals surface area contributed by atoms with Gasteiger partial charge in [0.2, 0.25) is 5.91 Å². The average molecular weight is 598 g/mol. The normalized spacial score (nSPS) is 15.3. The minimum atomic E-state index is -0.946. The predicted molar refractivity (Wildman–Crippen MR) is 163 cm³/mol. The van der Waals surface area contributed by atoms with Gasteiger partial charge in [0.25, 0.3) is 0 Å². The Morgan fingerprint density at radius 2 is 1.91 bits per heavy atom. The van der Waals surface area contributed by atoms with Crippen LogP contribution in [-0.4, -0.2) is 70.9 Å². The number of carbonyl (C=O) groups excluding carboxylic acids is 2. The van der Waals surface area contributed by atoms with Crippen molar-refractivity contribution < 1.29 is 28.2 Å². The molecule has 2 N–H and O–H groups in total. The third kappa shape index (κ3) is 8.90. The number of aryl methyl sites for hydroxylation is 1. The Bertz CT molecular complexity index is 1410. The van der Waals surface area contributed by atoms with Gasteiger partial charge in [0, 0.05) is 31.5 Å².